The van der Waals surface area contributed by atoms with Crippen molar-refractivity contribution in [3.8, 4) is 0 Å². The van der Waals surface area contributed by atoms with Gasteiger partial charge in [0.05, 0.1) is 15.8 Å². The highest BCUT2D eigenvalue weighted by Gasteiger charge is 2.25. The van der Waals surface area contributed by atoms with Crippen molar-refractivity contribution in [1.82, 2.24) is 9.80 Å². The smallest absolute Gasteiger partial charge is 0.253 e. The Hall–Kier alpha value is -2.08. The maximum atomic E-state index is 12.9. The van der Waals surface area contributed by atoms with E-state index in [1.165, 1.54) is 0 Å². The Kier molecular flexibility index (Phi) is 9.60. The summed E-state index contributed by atoms with van der Waals surface area (Å²) in [6.07, 6.45) is 3.72. The molecule has 1 atom stereocenters. The summed E-state index contributed by atoms with van der Waals surface area (Å²) in [7, 11) is 1.85. The average Bonchev–Trinajstić information content (AvgIpc) is 2.85. The number of halogens is 2. The summed E-state index contributed by atoms with van der Waals surface area (Å²) in [5, 5.41) is 13.8. The fourth-order valence-electron chi connectivity index (χ4n) is 4.61. The van der Waals surface area contributed by atoms with E-state index in [2.05, 4.69) is 10.1 Å². The predicted molar refractivity (Wildman–Crippen MR) is 136 cm³/mol. The number of likely N-dealkylation sites (N-methyl/N-ethyl adjacent to an activating group) is 1. The monoisotopic (exact) mass is 489 g/mol. The predicted octanol–water partition coefficient (Wildman–Crippen LogP) is 6.19. The van der Waals surface area contributed by atoms with Crippen LogP contribution in [0.15, 0.2) is 53.7 Å². The van der Waals surface area contributed by atoms with Crippen LogP contribution < -0.4 is 0 Å². The topological polar surface area (TPSA) is 56.1 Å². The van der Waals surface area contributed by atoms with Gasteiger partial charge < -0.3 is 15.0 Å². The summed E-state index contributed by atoms with van der Waals surface area (Å²) in [4.78, 5) is 17.2. The first kappa shape index (κ1) is 25.5. The zero-order valence-electron chi connectivity index (χ0n) is 19.4. The van der Waals surface area contributed by atoms with Crippen LogP contribution in [0.2, 0.25) is 10.0 Å². The highest BCUT2D eigenvalue weighted by Crippen LogP contribution is 2.30. The number of oxime groups is 1. The highest BCUT2D eigenvalue weighted by molar-refractivity contribution is 6.42. The first-order valence-corrected chi connectivity index (χ1v) is 12.4. The van der Waals surface area contributed by atoms with E-state index >= 15 is 0 Å². The SMILES string of the molecule is CC/C(=N\O)C1CCN(CC[C@H](CN(C)C(=O)c2ccccc2)c2ccc(Cl)c(Cl)c2)CC1. The summed E-state index contributed by atoms with van der Waals surface area (Å²) in [5.41, 5.74) is 2.68. The summed E-state index contributed by atoms with van der Waals surface area (Å²) in [6.45, 7) is 5.53. The first-order valence-electron chi connectivity index (χ1n) is 11.6. The van der Waals surface area contributed by atoms with Crippen molar-refractivity contribution < 1.29 is 10.0 Å². The maximum absolute atomic E-state index is 12.9. The van der Waals surface area contributed by atoms with Crippen molar-refractivity contribution in [1.29, 1.82) is 0 Å². The Balaban J connectivity index is 1.66. The Morgan fingerprint density at radius 2 is 1.85 bits per heavy atom. The van der Waals surface area contributed by atoms with Crippen LogP contribution >= 0.6 is 23.2 Å². The largest absolute Gasteiger partial charge is 0.411 e. The molecule has 1 aliphatic heterocycles. The van der Waals surface area contributed by atoms with E-state index in [4.69, 9.17) is 23.2 Å². The second-order valence-electron chi connectivity index (χ2n) is 8.77. The van der Waals surface area contributed by atoms with Crippen LogP contribution in [0.1, 0.15) is 54.4 Å². The van der Waals surface area contributed by atoms with Crippen molar-refractivity contribution in [2.24, 2.45) is 11.1 Å². The molecule has 3 rings (SSSR count). The van der Waals surface area contributed by atoms with Crippen LogP contribution in [0.25, 0.3) is 0 Å². The molecule has 33 heavy (non-hydrogen) atoms. The van der Waals surface area contributed by atoms with E-state index in [0.717, 1.165) is 56.6 Å². The molecule has 1 N–H and O–H groups in total. The van der Waals surface area contributed by atoms with Crippen LogP contribution in [-0.4, -0.2) is 59.9 Å². The van der Waals surface area contributed by atoms with Gasteiger partial charge in [0.2, 0.25) is 0 Å². The fraction of sp³-hybridized carbons (Fsp3) is 0.462. The number of carbonyl (C=O) groups is 1. The van der Waals surface area contributed by atoms with Crippen LogP contribution in [0.3, 0.4) is 0 Å². The molecule has 7 heteroatoms. The van der Waals surface area contributed by atoms with Crippen LogP contribution in [0, 0.1) is 5.92 Å². The number of carbonyl (C=O) groups excluding carboxylic acids is 1. The van der Waals surface area contributed by atoms with Crippen molar-refractivity contribution in [3.63, 3.8) is 0 Å². The lowest BCUT2D eigenvalue weighted by Gasteiger charge is -2.33. The van der Waals surface area contributed by atoms with Gasteiger partial charge in [-0.15, -0.1) is 0 Å². The Morgan fingerprint density at radius 3 is 2.45 bits per heavy atom. The number of rotatable bonds is 9. The molecule has 2 aromatic rings. The Morgan fingerprint density at radius 1 is 1.15 bits per heavy atom. The van der Waals surface area contributed by atoms with Gasteiger partial charge in [-0.3, -0.25) is 4.79 Å². The Bertz CT molecular complexity index is 944. The van der Waals surface area contributed by atoms with Gasteiger partial charge in [0.15, 0.2) is 0 Å². The van der Waals surface area contributed by atoms with Gasteiger partial charge in [-0.05, 0) is 75.1 Å². The second kappa shape index (κ2) is 12.4. The van der Waals surface area contributed by atoms with E-state index in [1.54, 1.807) is 4.90 Å². The molecule has 1 aliphatic rings. The number of benzene rings is 2. The summed E-state index contributed by atoms with van der Waals surface area (Å²) < 4.78 is 0. The number of nitrogens with zero attached hydrogens (tertiary/aromatic N) is 3. The second-order valence-corrected chi connectivity index (χ2v) is 9.59. The van der Waals surface area contributed by atoms with Crippen molar-refractivity contribution in [3.05, 3.63) is 69.7 Å². The lowest BCUT2D eigenvalue weighted by Crippen LogP contribution is -2.38. The molecule has 1 heterocycles. The van der Waals surface area contributed by atoms with Crippen LogP contribution in [0.5, 0.6) is 0 Å². The summed E-state index contributed by atoms with van der Waals surface area (Å²) in [5.74, 6) is 0.522. The maximum Gasteiger partial charge on any atom is 0.253 e. The van der Waals surface area contributed by atoms with Gasteiger partial charge in [-0.2, -0.15) is 0 Å². The first-order chi connectivity index (χ1) is 15.9. The number of likely N-dealkylation sites (tertiary alicyclic amines) is 1. The quantitative estimate of drug-likeness (QED) is 0.259. The minimum Gasteiger partial charge on any atom is -0.411 e. The summed E-state index contributed by atoms with van der Waals surface area (Å²) in [6, 6.07) is 15.1. The van der Waals surface area contributed by atoms with Crippen LogP contribution in [-0.2, 0) is 0 Å². The van der Waals surface area contributed by atoms with Gasteiger partial charge in [-0.1, -0.05) is 59.5 Å². The van der Waals surface area contributed by atoms with Gasteiger partial charge >= 0.3 is 0 Å². The molecule has 0 aromatic heterocycles. The van der Waals surface area contributed by atoms with E-state index < -0.39 is 0 Å². The molecule has 1 fully saturated rings. The average molecular weight is 490 g/mol. The molecule has 0 aliphatic carbocycles. The molecule has 2 aromatic carbocycles. The molecule has 178 valence electrons. The van der Waals surface area contributed by atoms with Gasteiger partial charge in [0.25, 0.3) is 5.91 Å². The minimum atomic E-state index is 0.0110. The molecule has 0 spiro atoms. The third kappa shape index (κ3) is 6.95. The zero-order chi connectivity index (χ0) is 23.8. The molecule has 5 nitrogen and oxygen atoms in total. The van der Waals surface area contributed by atoms with Crippen molar-refractivity contribution in [2.75, 3.05) is 33.2 Å². The third-order valence-electron chi connectivity index (χ3n) is 6.62. The van der Waals surface area contributed by atoms with E-state index in [0.29, 0.717) is 28.1 Å². The van der Waals surface area contributed by atoms with Crippen molar-refractivity contribution >= 4 is 34.8 Å². The highest BCUT2D eigenvalue weighted by atomic mass is 35.5. The molecular formula is C26H33Cl2N3O2. The molecule has 1 saturated heterocycles. The third-order valence-corrected chi connectivity index (χ3v) is 7.36. The summed E-state index contributed by atoms with van der Waals surface area (Å²) >= 11 is 12.5. The molecule has 1 amide bonds. The fourth-order valence-corrected chi connectivity index (χ4v) is 4.92. The molecule has 0 unspecified atom stereocenters. The van der Waals surface area contributed by atoms with E-state index in [-0.39, 0.29) is 11.8 Å². The van der Waals surface area contributed by atoms with Gasteiger partial charge in [-0.25, -0.2) is 0 Å². The zero-order valence-corrected chi connectivity index (χ0v) is 20.9. The number of hydrogen-bond donors (Lipinski definition) is 1. The molecular weight excluding hydrogens is 457 g/mol. The lowest BCUT2D eigenvalue weighted by molar-refractivity contribution is 0.0781. The van der Waals surface area contributed by atoms with Gasteiger partial charge in [0.1, 0.15) is 0 Å². The van der Waals surface area contributed by atoms with E-state index in [9.17, 15) is 10.0 Å². The number of piperidine rings is 1. The number of hydrogen-bond acceptors (Lipinski definition) is 4. The molecule has 0 radical (unpaired) electrons. The van der Waals surface area contributed by atoms with Crippen LogP contribution in [0.4, 0.5) is 0 Å². The Labute approximate surface area is 207 Å². The standard InChI is InChI=1S/C26H33Cl2N3O2/c1-3-25(29-33)19-11-14-31(15-12-19)16-13-22(21-9-10-23(27)24(28)17-21)18-30(2)26(32)20-7-5-4-6-8-20/h4-10,17,19,22,33H,3,11-16,18H2,1-2H3/b29-25+/t22-/m1/s1. The molecule has 0 bridgehead atoms. The minimum absolute atomic E-state index is 0.0110. The van der Waals surface area contributed by atoms with Crippen molar-refractivity contribution in [2.45, 2.75) is 38.5 Å². The normalized spacial score (nSPS) is 16.5. The lowest BCUT2D eigenvalue weighted by atomic mass is 9.89. The number of amides is 1. The van der Waals surface area contributed by atoms with Gasteiger partial charge in [0, 0.05) is 31.0 Å². The van der Waals surface area contributed by atoms with E-state index in [1.807, 2.05) is 62.5 Å². The molecule has 0 saturated carbocycles.